The largest absolute Gasteiger partial charge is 0.370 e. The second-order valence-corrected chi connectivity index (χ2v) is 6.93. The molecule has 0 spiro atoms. The first kappa shape index (κ1) is 16.5. The van der Waals surface area contributed by atoms with Crippen molar-refractivity contribution >= 4 is 37.5 Å². The molecule has 2 aromatic carbocycles. The van der Waals surface area contributed by atoms with Gasteiger partial charge < -0.3 is 10.2 Å². The maximum absolute atomic E-state index is 3.62. The molecule has 4 heteroatoms. The first-order chi connectivity index (χ1) is 10.0. The normalized spacial score (nSPS) is 12.2. The van der Waals surface area contributed by atoms with Crippen LogP contribution in [0.3, 0.4) is 0 Å². The molecule has 2 nitrogen and oxygen atoms in total. The molecule has 1 unspecified atom stereocenters. The molecule has 0 aliphatic rings. The highest BCUT2D eigenvalue weighted by atomic mass is 79.9. The minimum absolute atomic E-state index is 0.305. The number of hydrogen-bond acceptors (Lipinski definition) is 2. The molecule has 1 N–H and O–H groups in total. The van der Waals surface area contributed by atoms with E-state index in [-0.39, 0.29) is 0 Å². The predicted molar refractivity (Wildman–Crippen MR) is 97.9 cm³/mol. The molecule has 0 aliphatic carbocycles. The summed E-state index contributed by atoms with van der Waals surface area (Å²) in [6.07, 6.45) is 0. The molecule has 0 saturated heterocycles. The zero-order valence-electron chi connectivity index (χ0n) is 12.5. The van der Waals surface area contributed by atoms with Gasteiger partial charge in [0.2, 0.25) is 0 Å². The molecule has 1 atom stereocenters. The van der Waals surface area contributed by atoms with Crippen molar-refractivity contribution in [2.75, 3.05) is 19.0 Å². The van der Waals surface area contributed by atoms with Crippen LogP contribution in [0.5, 0.6) is 0 Å². The highest BCUT2D eigenvalue weighted by Gasteiger charge is 2.14. The number of anilines is 1. The third-order valence-electron chi connectivity index (χ3n) is 3.67. The average molecular weight is 412 g/mol. The molecule has 21 heavy (non-hydrogen) atoms. The van der Waals surface area contributed by atoms with Gasteiger partial charge in [0.25, 0.3) is 0 Å². The summed E-state index contributed by atoms with van der Waals surface area (Å²) in [6, 6.07) is 15.1. The second kappa shape index (κ2) is 7.43. The molecule has 0 heterocycles. The Kier molecular flexibility index (Phi) is 5.85. The highest BCUT2D eigenvalue weighted by Crippen LogP contribution is 2.30. The van der Waals surface area contributed by atoms with E-state index < -0.39 is 0 Å². The van der Waals surface area contributed by atoms with Crippen LogP contribution in [0.2, 0.25) is 0 Å². The number of nitrogens with one attached hydrogen (secondary N) is 1. The van der Waals surface area contributed by atoms with Crippen LogP contribution in [-0.2, 0) is 6.54 Å². The van der Waals surface area contributed by atoms with E-state index in [0.29, 0.717) is 6.04 Å². The van der Waals surface area contributed by atoms with Crippen molar-refractivity contribution in [1.82, 2.24) is 5.32 Å². The first-order valence-corrected chi connectivity index (χ1v) is 8.52. The zero-order chi connectivity index (χ0) is 15.4. The van der Waals surface area contributed by atoms with E-state index in [9.17, 15) is 0 Å². The molecule has 0 fully saturated rings. The molecule has 0 aliphatic heterocycles. The summed E-state index contributed by atoms with van der Waals surface area (Å²) >= 11 is 7.19. The Morgan fingerprint density at radius 1 is 1.14 bits per heavy atom. The summed E-state index contributed by atoms with van der Waals surface area (Å²) in [5.41, 5.74) is 3.82. The summed E-state index contributed by atoms with van der Waals surface area (Å²) in [7, 11) is 4.12. The standard InChI is InChI=1S/C17H20Br2N2/c1-12(20-2)15-10-14(18)8-9-17(15)21(3)11-13-6-4-5-7-16(13)19/h4-10,12,20H,11H2,1-3H3. The Balaban J connectivity index is 2.31. The molecular formula is C17H20Br2N2. The molecule has 2 rings (SSSR count). The number of rotatable bonds is 5. The van der Waals surface area contributed by atoms with E-state index >= 15 is 0 Å². The smallest absolute Gasteiger partial charge is 0.0437 e. The second-order valence-electron chi connectivity index (χ2n) is 5.16. The van der Waals surface area contributed by atoms with Crippen LogP contribution < -0.4 is 10.2 Å². The van der Waals surface area contributed by atoms with Crippen LogP contribution in [0.1, 0.15) is 24.1 Å². The Labute approximate surface area is 143 Å². The fourth-order valence-electron chi connectivity index (χ4n) is 2.34. The van der Waals surface area contributed by atoms with Crippen molar-refractivity contribution in [1.29, 1.82) is 0 Å². The van der Waals surface area contributed by atoms with E-state index in [4.69, 9.17) is 0 Å². The van der Waals surface area contributed by atoms with E-state index in [0.717, 1.165) is 15.5 Å². The average Bonchev–Trinajstić information content (AvgIpc) is 2.48. The maximum atomic E-state index is 3.62. The van der Waals surface area contributed by atoms with E-state index in [1.54, 1.807) is 0 Å². The minimum atomic E-state index is 0.305. The lowest BCUT2D eigenvalue weighted by molar-refractivity contribution is 0.649. The van der Waals surface area contributed by atoms with Gasteiger partial charge >= 0.3 is 0 Å². The SMILES string of the molecule is CNC(C)c1cc(Br)ccc1N(C)Cc1ccccc1Br. The minimum Gasteiger partial charge on any atom is -0.370 e. The maximum Gasteiger partial charge on any atom is 0.0437 e. The monoisotopic (exact) mass is 410 g/mol. The summed E-state index contributed by atoms with van der Waals surface area (Å²) in [5, 5.41) is 3.32. The lowest BCUT2D eigenvalue weighted by atomic mass is 10.0. The Bertz CT molecular complexity index is 613. The third-order valence-corrected chi connectivity index (χ3v) is 4.93. The number of hydrogen-bond donors (Lipinski definition) is 1. The van der Waals surface area contributed by atoms with Gasteiger partial charge in [-0.15, -0.1) is 0 Å². The van der Waals surface area contributed by atoms with E-state index in [2.05, 4.69) is 92.4 Å². The Hall–Kier alpha value is -0.840. The van der Waals surface area contributed by atoms with Crippen molar-refractivity contribution in [2.24, 2.45) is 0 Å². The lowest BCUT2D eigenvalue weighted by Gasteiger charge is -2.26. The zero-order valence-corrected chi connectivity index (χ0v) is 15.7. The van der Waals surface area contributed by atoms with Crippen molar-refractivity contribution in [3.05, 3.63) is 62.5 Å². The van der Waals surface area contributed by atoms with Gasteiger partial charge in [-0.05, 0) is 49.4 Å². The topological polar surface area (TPSA) is 15.3 Å². The summed E-state index contributed by atoms with van der Waals surface area (Å²) in [4.78, 5) is 2.29. The fourth-order valence-corrected chi connectivity index (χ4v) is 3.13. The van der Waals surface area contributed by atoms with E-state index in [1.165, 1.54) is 16.8 Å². The predicted octanol–water partition coefficient (Wildman–Crippen LogP) is 5.13. The highest BCUT2D eigenvalue weighted by molar-refractivity contribution is 9.10. The van der Waals surface area contributed by atoms with Crippen molar-refractivity contribution in [2.45, 2.75) is 19.5 Å². The Morgan fingerprint density at radius 2 is 1.86 bits per heavy atom. The van der Waals surface area contributed by atoms with Crippen LogP contribution in [-0.4, -0.2) is 14.1 Å². The molecule has 0 saturated carbocycles. The van der Waals surface area contributed by atoms with Crippen molar-refractivity contribution in [3.63, 3.8) is 0 Å². The molecule has 0 radical (unpaired) electrons. The first-order valence-electron chi connectivity index (χ1n) is 6.94. The fraction of sp³-hybridized carbons (Fsp3) is 0.294. The molecule has 0 bridgehead atoms. The van der Waals surface area contributed by atoms with E-state index in [1.807, 2.05) is 13.1 Å². The molecule has 0 amide bonds. The summed E-state index contributed by atoms with van der Waals surface area (Å²) < 4.78 is 2.26. The van der Waals surface area contributed by atoms with Gasteiger partial charge in [-0.2, -0.15) is 0 Å². The number of halogens is 2. The Morgan fingerprint density at radius 3 is 2.52 bits per heavy atom. The third kappa shape index (κ3) is 4.09. The molecular weight excluding hydrogens is 392 g/mol. The van der Waals surface area contributed by atoms with Gasteiger partial charge in [0.05, 0.1) is 0 Å². The summed E-state index contributed by atoms with van der Waals surface area (Å²) in [5.74, 6) is 0. The van der Waals surface area contributed by atoms with Gasteiger partial charge in [0.15, 0.2) is 0 Å². The van der Waals surface area contributed by atoms with Gasteiger partial charge in [-0.25, -0.2) is 0 Å². The summed E-state index contributed by atoms with van der Waals surface area (Å²) in [6.45, 7) is 3.05. The van der Waals surface area contributed by atoms with Crippen LogP contribution in [0.25, 0.3) is 0 Å². The van der Waals surface area contributed by atoms with Crippen LogP contribution in [0, 0.1) is 0 Å². The molecule has 0 aromatic heterocycles. The van der Waals surface area contributed by atoms with Gasteiger partial charge in [-0.1, -0.05) is 50.1 Å². The number of benzene rings is 2. The van der Waals surface area contributed by atoms with Crippen LogP contribution in [0.15, 0.2) is 51.4 Å². The van der Waals surface area contributed by atoms with Gasteiger partial charge in [0.1, 0.15) is 0 Å². The van der Waals surface area contributed by atoms with Crippen LogP contribution >= 0.6 is 31.9 Å². The number of nitrogens with zero attached hydrogens (tertiary/aromatic N) is 1. The quantitative estimate of drug-likeness (QED) is 0.733. The van der Waals surface area contributed by atoms with Crippen molar-refractivity contribution < 1.29 is 0 Å². The van der Waals surface area contributed by atoms with Crippen LogP contribution in [0.4, 0.5) is 5.69 Å². The van der Waals surface area contributed by atoms with Gasteiger partial charge in [0, 0.05) is 34.3 Å². The lowest BCUT2D eigenvalue weighted by Crippen LogP contribution is -2.21. The van der Waals surface area contributed by atoms with Gasteiger partial charge in [-0.3, -0.25) is 0 Å². The molecule has 112 valence electrons. The van der Waals surface area contributed by atoms with Crippen molar-refractivity contribution in [3.8, 4) is 0 Å². The molecule has 2 aromatic rings.